The summed E-state index contributed by atoms with van der Waals surface area (Å²) in [5.74, 6) is 1.47. The molecule has 1 aliphatic heterocycles. The number of hydrogen-bond donors (Lipinski definition) is 0. The lowest BCUT2D eigenvalue weighted by Gasteiger charge is -2.32. The van der Waals surface area contributed by atoms with Crippen molar-refractivity contribution in [1.82, 2.24) is 4.57 Å². The van der Waals surface area contributed by atoms with E-state index in [1.54, 1.807) is 30.7 Å². The first kappa shape index (κ1) is 18.3. The summed E-state index contributed by atoms with van der Waals surface area (Å²) in [7, 11) is 4.86. The second-order valence-corrected chi connectivity index (χ2v) is 7.51. The molecule has 0 bridgehead atoms. The van der Waals surface area contributed by atoms with Crippen LogP contribution in [0.4, 0.5) is 11.5 Å². The van der Waals surface area contributed by atoms with Gasteiger partial charge in [0.1, 0.15) is 5.82 Å². The Morgan fingerprint density at radius 1 is 1.00 bits per heavy atom. The van der Waals surface area contributed by atoms with Crippen LogP contribution in [-0.2, 0) is 11.8 Å². The fourth-order valence-corrected chi connectivity index (χ4v) is 4.79. The van der Waals surface area contributed by atoms with Crippen molar-refractivity contribution in [3.63, 3.8) is 0 Å². The Morgan fingerprint density at radius 3 is 2.43 bits per heavy atom. The van der Waals surface area contributed by atoms with Crippen molar-refractivity contribution in [3.05, 3.63) is 68.6 Å². The average molecular weight is 396 g/mol. The molecule has 3 aromatic rings. The van der Waals surface area contributed by atoms with Gasteiger partial charge in [0.05, 0.1) is 24.8 Å². The molecule has 0 fully saturated rings. The second-order valence-electron chi connectivity index (χ2n) is 6.52. The van der Waals surface area contributed by atoms with Crippen molar-refractivity contribution in [3.8, 4) is 11.5 Å². The number of rotatable bonds is 4. The van der Waals surface area contributed by atoms with Crippen LogP contribution < -0.4 is 19.2 Å². The van der Waals surface area contributed by atoms with Gasteiger partial charge in [0.15, 0.2) is 11.5 Å². The first-order valence-corrected chi connectivity index (χ1v) is 9.67. The van der Waals surface area contributed by atoms with E-state index >= 15 is 0 Å². The van der Waals surface area contributed by atoms with Crippen LogP contribution in [-0.4, -0.2) is 24.7 Å². The Bertz CT molecular complexity index is 1090. The predicted molar refractivity (Wildman–Crippen MR) is 109 cm³/mol. The van der Waals surface area contributed by atoms with Gasteiger partial charge in [0.2, 0.25) is 5.91 Å². The fourth-order valence-electron chi connectivity index (χ4n) is 3.70. The molecular weight excluding hydrogens is 376 g/mol. The molecule has 0 spiro atoms. The van der Waals surface area contributed by atoms with Gasteiger partial charge >= 0.3 is 4.87 Å². The molecule has 2 aromatic carbocycles. The van der Waals surface area contributed by atoms with E-state index in [1.165, 1.54) is 11.3 Å². The highest BCUT2D eigenvalue weighted by atomic mass is 32.1. The summed E-state index contributed by atoms with van der Waals surface area (Å²) in [5, 5.41) is 0. The molecule has 0 unspecified atom stereocenters. The quantitative estimate of drug-likeness (QED) is 0.675. The van der Waals surface area contributed by atoms with E-state index < -0.39 is 0 Å². The van der Waals surface area contributed by atoms with Gasteiger partial charge in [-0.05, 0) is 18.2 Å². The molecule has 6 nitrogen and oxygen atoms in total. The summed E-state index contributed by atoms with van der Waals surface area (Å²) >= 11 is 1.17. The SMILES string of the molecule is COc1cccc([C@H]2CC(=O)N(c3ccccc3)c3c2sc(=O)n3C)c1OC. The number of methoxy groups -OCH3 is 2. The lowest BCUT2D eigenvalue weighted by molar-refractivity contribution is -0.118. The third-order valence-electron chi connectivity index (χ3n) is 4.99. The Kier molecular flexibility index (Phi) is 4.68. The first-order valence-electron chi connectivity index (χ1n) is 8.85. The van der Waals surface area contributed by atoms with Crippen LogP contribution in [0.15, 0.2) is 53.3 Å². The number of para-hydroxylation sites is 2. The average Bonchev–Trinajstić information content (AvgIpc) is 3.02. The smallest absolute Gasteiger partial charge is 0.308 e. The minimum Gasteiger partial charge on any atom is -0.493 e. The summed E-state index contributed by atoms with van der Waals surface area (Å²) in [6, 6.07) is 15.0. The van der Waals surface area contributed by atoms with Crippen LogP contribution in [0.25, 0.3) is 0 Å². The van der Waals surface area contributed by atoms with Crippen LogP contribution in [0.3, 0.4) is 0 Å². The number of carbonyl (C=O) groups excluding carboxylic acids is 1. The molecule has 28 heavy (non-hydrogen) atoms. The Hall–Kier alpha value is -3.06. The van der Waals surface area contributed by atoms with Crippen LogP contribution in [0.5, 0.6) is 11.5 Å². The topological polar surface area (TPSA) is 60.8 Å². The van der Waals surface area contributed by atoms with Gasteiger partial charge in [-0.25, -0.2) is 0 Å². The highest BCUT2D eigenvalue weighted by Gasteiger charge is 2.38. The fraction of sp³-hybridized carbons (Fsp3) is 0.238. The van der Waals surface area contributed by atoms with Crippen molar-refractivity contribution < 1.29 is 14.3 Å². The van der Waals surface area contributed by atoms with Crippen LogP contribution in [0.1, 0.15) is 22.8 Å². The lowest BCUT2D eigenvalue weighted by Crippen LogP contribution is -2.34. The molecule has 7 heteroatoms. The molecule has 1 amide bonds. The zero-order valence-electron chi connectivity index (χ0n) is 15.8. The molecule has 1 aliphatic rings. The number of fused-ring (bicyclic) bond motifs is 1. The number of carbonyl (C=O) groups is 1. The largest absolute Gasteiger partial charge is 0.493 e. The van der Waals surface area contributed by atoms with E-state index in [-0.39, 0.29) is 23.1 Å². The standard InChI is InChI=1S/C21H20N2O4S/c1-22-20-19(28-21(22)25)15(14-10-7-11-16(26-2)18(14)27-3)12-17(24)23(20)13-8-5-4-6-9-13/h4-11,15H,12H2,1-3H3/t15-/m1/s1. The van der Waals surface area contributed by atoms with Gasteiger partial charge in [-0.1, -0.05) is 41.7 Å². The molecule has 0 radical (unpaired) electrons. The van der Waals surface area contributed by atoms with Gasteiger partial charge in [-0.3, -0.25) is 19.1 Å². The van der Waals surface area contributed by atoms with E-state index in [0.29, 0.717) is 17.3 Å². The highest BCUT2D eigenvalue weighted by molar-refractivity contribution is 7.10. The monoisotopic (exact) mass is 396 g/mol. The van der Waals surface area contributed by atoms with Gasteiger partial charge < -0.3 is 9.47 Å². The molecule has 2 heterocycles. The number of thiazole rings is 1. The maximum atomic E-state index is 13.2. The second kappa shape index (κ2) is 7.16. The van der Waals surface area contributed by atoms with E-state index in [1.807, 2.05) is 48.5 Å². The van der Waals surface area contributed by atoms with Crippen molar-refractivity contribution in [2.24, 2.45) is 7.05 Å². The van der Waals surface area contributed by atoms with Gasteiger partial charge in [-0.2, -0.15) is 0 Å². The number of ether oxygens (including phenoxy) is 2. The molecule has 0 aliphatic carbocycles. The zero-order chi connectivity index (χ0) is 19.8. The van der Waals surface area contributed by atoms with E-state index in [2.05, 4.69) is 0 Å². The molecule has 0 saturated carbocycles. The van der Waals surface area contributed by atoms with Crippen molar-refractivity contribution in [2.75, 3.05) is 19.1 Å². The lowest BCUT2D eigenvalue weighted by atomic mass is 9.89. The number of hydrogen-bond acceptors (Lipinski definition) is 5. The van der Waals surface area contributed by atoms with Crippen molar-refractivity contribution >= 4 is 28.7 Å². The summed E-state index contributed by atoms with van der Waals surface area (Å²) in [6.07, 6.45) is 0.241. The highest BCUT2D eigenvalue weighted by Crippen LogP contribution is 2.48. The third-order valence-corrected chi connectivity index (χ3v) is 6.12. The van der Waals surface area contributed by atoms with Gasteiger partial charge in [0, 0.05) is 24.9 Å². The van der Waals surface area contributed by atoms with Crippen LogP contribution in [0, 0.1) is 0 Å². The Labute approximate surface area is 166 Å². The normalized spacial score (nSPS) is 16.0. The Morgan fingerprint density at radius 2 is 1.75 bits per heavy atom. The molecule has 144 valence electrons. The number of aromatic nitrogens is 1. The van der Waals surface area contributed by atoms with E-state index in [9.17, 15) is 9.59 Å². The molecule has 0 saturated heterocycles. The first-order chi connectivity index (χ1) is 13.6. The van der Waals surface area contributed by atoms with Crippen molar-refractivity contribution in [2.45, 2.75) is 12.3 Å². The summed E-state index contributed by atoms with van der Waals surface area (Å²) < 4.78 is 12.6. The molecule has 1 aromatic heterocycles. The molecule has 4 rings (SSSR count). The summed E-state index contributed by atoms with van der Waals surface area (Å²) in [4.78, 5) is 28.1. The van der Waals surface area contributed by atoms with Crippen LogP contribution >= 0.6 is 11.3 Å². The van der Waals surface area contributed by atoms with E-state index in [4.69, 9.17) is 9.47 Å². The molecule has 1 atom stereocenters. The van der Waals surface area contributed by atoms with Gasteiger partial charge in [0.25, 0.3) is 0 Å². The molecular formula is C21H20N2O4S. The minimum absolute atomic E-state index is 0.0676. The van der Waals surface area contributed by atoms with Crippen molar-refractivity contribution in [1.29, 1.82) is 0 Å². The number of benzene rings is 2. The number of anilines is 2. The number of amides is 1. The minimum atomic E-state index is -0.272. The number of nitrogens with zero attached hydrogens (tertiary/aromatic N) is 2. The third kappa shape index (κ3) is 2.79. The zero-order valence-corrected chi connectivity index (χ0v) is 16.7. The Balaban J connectivity index is 1.93. The maximum Gasteiger partial charge on any atom is 0.308 e. The maximum absolute atomic E-state index is 13.2. The van der Waals surface area contributed by atoms with E-state index in [0.717, 1.165) is 16.1 Å². The van der Waals surface area contributed by atoms with Gasteiger partial charge in [-0.15, -0.1) is 0 Å². The van der Waals surface area contributed by atoms with Crippen LogP contribution in [0.2, 0.25) is 0 Å². The summed E-state index contributed by atoms with van der Waals surface area (Å²) in [6.45, 7) is 0. The molecule has 0 N–H and O–H groups in total. The summed E-state index contributed by atoms with van der Waals surface area (Å²) in [5.41, 5.74) is 1.59. The predicted octanol–water partition coefficient (Wildman–Crippen LogP) is 3.66.